The molecule has 1 saturated heterocycles. The Morgan fingerprint density at radius 2 is 1.34 bits per heavy atom. The summed E-state index contributed by atoms with van der Waals surface area (Å²) in [6.07, 6.45) is -0.567. The number of rotatable bonds is 7. The Morgan fingerprint density at radius 1 is 0.789 bits per heavy atom. The molecule has 0 bridgehead atoms. The maximum absolute atomic E-state index is 14.1. The molecule has 0 unspecified atom stereocenters. The zero-order valence-corrected chi connectivity index (χ0v) is 24.4. The van der Waals surface area contributed by atoms with Gasteiger partial charge in [-0.3, -0.25) is 4.79 Å². The highest BCUT2D eigenvalue weighted by molar-refractivity contribution is 14.1. The summed E-state index contributed by atoms with van der Waals surface area (Å²) in [5, 5.41) is 1.28. The number of nitrogens with zero attached hydrogens (tertiary/aromatic N) is 1. The van der Waals surface area contributed by atoms with E-state index in [1.165, 1.54) is 0 Å². The standard InChI is InChI=1S/C31H26Cl2INO3/c1-37-27-16-4-21(5-17-27)19-35-29(22-6-10-24(32)11-7-22)30(23-8-12-25(33)13-9-23)38-28(31(35)36)18-20-2-14-26(34)15-3-20/h2-17,28-30H,18-19H2,1H3/t28-,29+,30-/m1/s1. The summed E-state index contributed by atoms with van der Waals surface area (Å²) in [5.41, 5.74) is 3.95. The van der Waals surface area contributed by atoms with Crippen LogP contribution in [-0.2, 0) is 22.5 Å². The van der Waals surface area contributed by atoms with Crippen LogP contribution in [0.5, 0.6) is 5.75 Å². The monoisotopic (exact) mass is 657 g/mol. The second kappa shape index (κ2) is 12.1. The maximum Gasteiger partial charge on any atom is 0.253 e. The van der Waals surface area contributed by atoms with Gasteiger partial charge in [-0.05, 0) is 93.4 Å². The average Bonchev–Trinajstić information content (AvgIpc) is 2.93. The molecule has 1 heterocycles. The van der Waals surface area contributed by atoms with Gasteiger partial charge >= 0.3 is 0 Å². The summed E-state index contributed by atoms with van der Waals surface area (Å²) >= 11 is 14.7. The molecule has 7 heteroatoms. The van der Waals surface area contributed by atoms with Crippen molar-refractivity contribution in [2.24, 2.45) is 0 Å². The summed E-state index contributed by atoms with van der Waals surface area (Å²) in [6, 6.07) is 30.9. The minimum Gasteiger partial charge on any atom is -0.497 e. The summed E-state index contributed by atoms with van der Waals surface area (Å²) < 4.78 is 13.1. The number of hydrogen-bond donors (Lipinski definition) is 0. The van der Waals surface area contributed by atoms with Gasteiger partial charge in [0.15, 0.2) is 0 Å². The molecule has 4 nitrogen and oxygen atoms in total. The summed E-state index contributed by atoms with van der Waals surface area (Å²) in [5.74, 6) is 0.719. The van der Waals surface area contributed by atoms with Crippen LogP contribution in [0.15, 0.2) is 97.1 Å². The van der Waals surface area contributed by atoms with E-state index in [9.17, 15) is 4.79 Å². The fourth-order valence-corrected chi connectivity index (χ4v) is 5.41. The first-order chi connectivity index (χ1) is 18.4. The van der Waals surface area contributed by atoms with Gasteiger partial charge in [-0.25, -0.2) is 0 Å². The first kappa shape index (κ1) is 27.0. The Hall–Kier alpha value is -2.58. The van der Waals surface area contributed by atoms with E-state index in [2.05, 4.69) is 34.7 Å². The molecule has 1 aliphatic rings. The highest BCUT2D eigenvalue weighted by atomic mass is 127. The third-order valence-electron chi connectivity index (χ3n) is 6.75. The van der Waals surface area contributed by atoms with Crippen LogP contribution in [0.3, 0.4) is 0 Å². The minimum atomic E-state index is -0.641. The highest BCUT2D eigenvalue weighted by Crippen LogP contribution is 2.43. The molecule has 0 aliphatic carbocycles. The molecule has 194 valence electrons. The SMILES string of the molecule is COc1ccc(CN2C(=O)[C@@H](Cc3ccc(I)cc3)O[C@H](c3ccc(Cl)cc3)[C@@H]2c2ccc(Cl)cc2)cc1. The van der Waals surface area contributed by atoms with Gasteiger partial charge in [0.25, 0.3) is 5.91 Å². The molecule has 38 heavy (non-hydrogen) atoms. The first-order valence-corrected chi connectivity index (χ1v) is 14.1. The molecule has 1 aliphatic heterocycles. The van der Waals surface area contributed by atoms with E-state index in [1.807, 2.05) is 89.8 Å². The van der Waals surface area contributed by atoms with Gasteiger partial charge in [-0.2, -0.15) is 0 Å². The Bertz CT molecular complexity index is 1380. The van der Waals surface area contributed by atoms with Crippen molar-refractivity contribution in [2.75, 3.05) is 7.11 Å². The van der Waals surface area contributed by atoms with Crippen LogP contribution >= 0.6 is 45.8 Å². The van der Waals surface area contributed by atoms with E-state index in [4.69, 9.17) is 32.7 Å². The zero-order chi connectivity index (χ0) is 26.6. The van der Waals surface area contributed by atoms with Crippen molar-refractivity contribution in [3.8, 4) is 5.75 Å². The number of benzene rings is 4. The predicted octanol–water partition coefficient (Wildman–Crippen LogP) is 8.06. The van der Waals surface area contributed by atoms with Crippen molar-refractivity contribution in [1.29, 1.82) is 0 Å². The molecule has 1 fully saturated rings. The van der Waals surface area contributed by atoms with Crippen molar-refractivity contribution in [3.05, 3.63) is 133 Å². The van der Waals surface area contributed by atoms with E-state index >= 15 is 0 Å². The Morgan fingerprint density at radius 3 is 1.92 bits per heavy atom. The van der Waals surface area contributed by atoms with Crippen LogP contribution in [0.4, 0.5) is 0 Å². The van der Waals surface area contributed by atoms with Gasteiger partial charge in [0.2, 0.25) is 0 Å². The van der Waals surface area contributed by atoms with Crippen molar-refractivity contribution in [1.82, 2.24) is 4.90 Å². The van der Waals surface area contributed by atoms with E-state index < -0.39 is 12.2 Å². The molecular formula is C31H26Cl2INO3. The van der Waals surface area contributed by atoms with Crippen LogP contribution in [0.25, 0.3) is 0 Å². The highest BCUT2D eigenvalue weighted by Gasteiger charge is 2.44. The van der Waals surface area contributed by atoms with E-state index in [1.54, 1.807) is 7.11 Å². The van der Waals surface area contributed by atoms with Gasteiger partial charge in [-0.15, -0.1) is 0 Å². The average molecular weight is 658 g/mol. The van der Waals surface area contributed by atoms with Gasteiger partial charge in [0.05, 0.1) is 13.2 Å². The Labute approximate surface area is 246 Å². The quantitative estimate of drug-likeness (QED) is 0.189. The predicted molar refractivity (Wildman–Crippen MR) is 160 cm³/mol. The van der Waals surface area contributed by atoms with E-state index in [0.717, 1.165) is 31.6 Å². The van der Waals surface area contributed by atoms with Gasteiger partial charge < -0.3 is 14.4 Å². The van der Waals surface area contributed by atoms with Gasteiger partial charge in [0.1, 0.15) is 18.0 Å². The zero-order valence-electron chi connectivity index (χ0n) is 20.7. The molecule has 0 radical (unpaired) electrons. The van der Waals surface area contributed by atoms with Crippen molar-refractivity contribution >= 4 is 51.7 Å². The molecule has 4 aromatic carbocycles. The van der Waals surface area contributed by atoms with E-state index in [0.29, 0.717) is 23.0 Å². The number of methoxy groups -OCH3 is 1. The molecule has 0 aromatic heterocycles. The number of amides is 1. The van der Waals surface area contributed by atoms with Gasteiger partial charge in [-0.1, -0.05) is 71.7 Å². The van der Waals surface area contributed by atoms with Crippen molar-refractivity contribution in [2.45, 2.75) is 31.2 Å². The lowest BCUT2D eigenvalue weighted by Crippen LogP contribution is -2.51. The van der Waals surface area contributed by atoms with Crippen LogP contribution in [0.2, 0.25) is 10.0 Å². The number of carbonyl (C=O) groups excluding carboxylic acids is 1. The third-order valence-corrected chi connectivity index (χ3v) is 7.97. The fourth-order valence-electron chi connectivity index (χ4n) is 4.80. The van der Waals surface area contributed by atoms with Crippen LogP contribution in [0.1, 0.15) is 34.4 Å². The lowest BCUT2D eigenvalue weighted by molar-refractivity contribution is -0.175. The normalized spacial score (nSPS) is 19.4. The summed E-state index contributed by atoms with van der Waals surface area (Å²) in [7, 11) is 1.64. The molecule has 1 amide bonds. The Kier molecular flexibility index (Phi) is 8.58. The summed E-state index contributed by atoms with van der Waals surface area (Å²) in [4.78, 5) is 16.1. The first-order valence-electron chi connectivity index (χ1n) is 12.3. The third kappa shape index (κ3) is 6.18. The molecular weight excluding hydrogens is 632 g/mol. The lowest BCUT2D eigenvalue weighted by Gasteiger charge is -2.45. The lowest BCUT2D eigenvalue weighted by atomic mass is 9.90. The second-order valence-electron chi connectivity index (χ2n) is 9.24. The van der Waals surface area contributed by atoms with E-state index in [-0.39, 0.29) is 11.9 Å². The fraction of sp³-hybridized carbons (Fsp3) is 0.194. The Balaban J connectivity index is 1.58. The topological polar surface area (TPSA) is 38.8 Å². The molecule has 0 spiro atoms. The molecule has 3 atom stereocenters. The number of ether oxygens (including phenoxy) is 2. The van der Waals surface area contributed by atoms with Crippen LogP contribution in [0, 0.1) is 3.57 Å². The van der Waals surface area contributed by atoms with Crippen LogP contribution in [-0.4, -0.2) is 24.0 Å². The van der Waals surface area contributed by atoms with Crippen molar-refractivity contribution < 1.29 is 14.3 Å². The largest absolute Gasteiger partial charge is 0.497 e. The summed E-state index contributed by atoms with van der Waals surface area (Å²) in [6.45, 7) is 0.423. The number of morpholine rings is 1. The number of carbonyl (C=O) groups is 1. The second-order valence-corrected chi connectivity index (χ2v) is 11.4. The molecule has 5 rings (SSSR count). The smallest absolute Gasteiger partial charge is 0.253 e. The van der Waals surface area contributed by atoms with Gasteiger partial charge in [0, 0.05) is 26.6 Å². The number of hydrogen-bond acceptors (Lipinski definition) is 3. The molecule has 0 N–H and O–H groups in total. The minimum absolute atomic E-state index is 0.0514. The maximum atomic E-state index is 14.1. The van der Waals surface area contributed by atoms with Crippen molar-refractivity contribution in [3.63, 3.8) is 0 Å². The number of halogens is 3. The van der Waals surface area contributed by atoms with Crippen LogP contribution < -0.4 is 4.74 Å². The molecule has 4 aromatic rings. The molecule has 0 saturated carbocycles.